The number of morpholine rings is 2. The maximum absolute atomic E-state index is 12.9. The van der Waals surface area contributed by atoms with Crippen LogP contribution in [0.2, 0.25) is 0 Å². The van der Waals surface area contributed by atoms with Gasteiger partial charge in [0, 0.05) is 89.4 Å². The summed E-state index contributed by atoms with van der Waals surface area (Å²) in [5, 5.41) is 26.1. The number of carbonyl (C=O) groups is 2. The van der Waals surface area contributed by atoms with Crippen molar-refractivity contribution < 1.29 is 28.5 Å². The van der Waals surface area contributed by atoms with Crippen LogP contribution in [0.25, 0.3) is 33.6 Å². The van der Waals surface area contributed by atoms with Crippen molar-refractivity contribution >= 4 is 11.9 Å². The van der Waals surface area contributed by atoms with E-state index in [1.807, 2.05) is 67.0 Å². The number of rotatable bonds is 15. The first-order valence-corrected chi connectivity index (χ1v) is 25.8. The minimum absolute atomic E-state index is 0.119. The lowest BCUT2D eigenvalue weighted by Gasteiger charge is -2.26. The van der Waals surface area contributed by atoms with Gasteiger partial charge >= 0.3 is 11.9 Å². The van der Waals surface area contributed by atoms with Crippen molar-refractivity contribution in [3.8, 4) is 33.6 Å². The van der Waals surface area contributed by atoms with Crippen molar-refractivity contribution in [2.75, 3.05) is 66.3 Å². The van der Waals surface area contributed by atoms with Crippen LogP contribution in [0.15, 0.2) is 122 Å². The number of hydrogen-bond donors (Lipinski definition) is 0. The Kier molecular flexibility index (Phi) is 14.6. The number of nitrogens with zero attached hydrogens (tertiary/aromatic N) is 12. The van der Waals surface area contributed by atoms with E-state index < -0.39 is 0 Å². The molecular weight excluding hydrogens is 949 g/mol. The average molecular weight is 1010 g/mol. The van der Waals surface area contributed by atoms with Crippen LogP contribution in [0.3, 0.4) is 0 Å². The number of aryl methyl sites for hydroxylation is 2. The topological polar surface area (TPSA) is 175 Å². The molecule has 4 aromatic carbocycles. The molecule has 18 heteroatoms. The van der Waals surface area contributed by atoms with Gasteiger partial charge in [0.05, 0.1) is 86.7 Å². The van der Waals surface area contributed by atoms with Crippen molar-refractivity contribution in [3.63, 3.8) is 0 Å². The van der Waals surface area contributed by atoms with Crippen molar-refractivity contribution in [2.24, 2.45) is 14.1 Å². The fourth-order valence-electron chi connectivity index (χ4n) is 10.6. The summed E-state index contributed by atoms with van der Waals surface area (Å²) in [5.74, 6) is -0.0774. The predicted octanol–water partition coefficient (Wildman–Crippen LogP) is 7.51. The van der Waals surface area contributed by atoms with Gasteiger partial charge in [-0.2, -0.15) is 10.2 Å². The number of hydrogen-bond acceptors (Lipinski definition) is 14. The molecule has 2 saturated carbocycles. The van der Waals surface area contributed by atoms with E-state index in [0.29, 0.717) is 17.7 Å². The first-order valence-electron chi connectivity index (χ1n) is 25.8. The summed E-state index contributed by atoms with van der Waals surface area (Å²) in [6, 6.07) is 34.0. The Morgan fingerprint density at radius 2 is 1.00 bits per heavy atom. The SMILES string of the molecule is CCOC(=O)c1cnn(-c2cccc(-c3cccc(CN4CCOCC4)c3)c2)c1[C@@H]1C[C@H]1c1cn(C)nn1.COC(=O)c1cnn(-c2cccc(-c3cccc(CN4CCOCC4)c3)c2)c1[C@@H]1C[C@H]1c1cn(C)nn1. The van der Waals surface area contributed by atoms with Crippen LogP contribution in [-0.4, -0.2) is 138 Å². The molecule has 2 aliphatic heterocycles. The van der Waals surface area contributed by atoms with Crippen molar-refractivity contribution in [1.29, 1.82) is 0 Å². The zero-order valence-electron chi connectivity index (χ0n) is 42.9. The fraction of sp³-hybridized carbons (Fsp3) is 0.368. The molecule has 6 heterocycles. The lowest BCUT2D eigenvalue weighted by molar-refractivity contribution is 0.0341. The maximum Gasteiger partial charge on any atom is 0.341 e. The van der Waals surface area contributed by atoms with Crippen LogP contribution in [0, 0.1) is 0 Å². The molecular formula is C57H62N12O6. The summed E-state index contributed by atoms with van der Waals surface area (Å²) in [5.41, 5.74) is 13.5. The first kappa shape index (κ1) is 49.6. The van der Waals surface area contributed by atoms with E-state index in [2.05, 4.69) is 113 Å². The van der Waals surface area contributed by atoms with Crippen molar-refractivity contribution in [1.82, 2.24) is 59.3 Å². The number of methoxy groups -OCH3 is 1. The molecule has 0 amide bonds. The molecule has 4 fully saturated rings. The second-order valence-electron chi connectivity index (χ2n) is 19.7. The van der Waals surface area contributed by atoms with Gasteiger partial charge < -0.3 is 18.9 Å². The molecule has 2 aliphatic carbocycles. The van der Waals surface area contributed by atoms with Crippen molar-refractivity contribution in [3.05, 3.63) is 167 Å². The Hall–Kier alpha value is -7.64. The molecule has 4 aromatic heterocycles. The van der Waals surface area contributed by atoms with Gasteiger partial charge in [-0.15, -0.1) is 10.2 Å². The van der Waals surface area contributed by atoms with E-state index in [4.69, 9.17) is 18.9 Å². The third kappa shape index (κ3) is 11.1. The number of esters is 2. The zero-order chi connectivity index (χ0) is 51.4. The quantitative estimate of drug-likeness (QED) is 0.0924. The normalized spacial score (nSPS) is 19.5. The summed E-state index contributed by atoms with van der Waals surface area (Å²) in [6.45, 7) is 11.0. The van der Waals surface area contributed by atoms with Gasteiger partial charge in [-0.3, -0.25) is 19.2 Å². The highest BCUT2D eigenvalue weighted by atomic mass is 16.5. The van der Waals surface area contributed by atoms with E-state index in [0.717, 1.165) is 135 Å². The van der Waals surface area contributed by atoms with E-state index in [9.17, 15) is 9.59 Å². The van der Waals surface area contributed by atoms with E-state index in [1.165, 1.54) is 18.2 Å². The van der Waals surface area contributed by atoms with Crippen LogP contribution in [0.1, 0.15) is 98.1 Å². The Labute approximate surface area is 435 Å². The predicted molar refractivity (Wildman–Crippen MR) is 280 cm³/mol. The van der Waals surface area contributed by atoms with Gasteiger partial charge in [0.15, 0.2) is 0 Å². The summed E-state index contributed by atoms with van der Waals surface area (Å²) in [6.07, 6.45) is 8.91. The molecule has 0 radical (unpaired) electrons. The van der Waals surface area contributed by atoms with E-state index in [1.54, 1.807) is 21.8 Å². The molecule has 386 valence electrons. The minimum atomic E-state index is -0.377. The summed E-state index contributed by atoms with van der Waals surface area (Å²) >= 11 is 0. The maximum atomic E-state index is 12.9. The standard InChI is InChI=1S/C29H32N6O3.C28H30N6O3/c1-3-38-29(36)26-17-30-35(28(26)25-16-24(25)27-19-33(2)32-31-27)23-9-5-8-22(15-23)21-7-4-6-20(14-21)18-34-10-12-37-13-11-34;1-32-18-26(30-31-32)23-15-24(23)27-25(28(35)36-2)16-29-34(27)22-8-4-7-21(14-22)20-6-3-5-19(13-20)17-33-9-11-37-12-10-33/h4-9,14-15,17,19,24-25H,3,10-13,16,18H2,1-2H3;3-8,13-14,16,18,23-24H,9-12,15,17H2,1-2H3/t24-,25-;23-,24-/m11/s1. The number of carbonyl (C=O) groups excluding carboxylic acids is 2. The highest BCUT2D eigenvalue weighted by Gasteiger charge is 2.47. The van der Waals surface area contributed by atoms with Gasteiger partial charge in [0.2, 0.25) is 0 Å². The Bertz CT molecular complexity index is 3290. The van der Waals surface area contributed by atoms with Gasteiger partial charge in [-0.05, 0) is 89.5 Å². The number of benzene rings is 4. The van der Waals surface area contributed by atoms with Gasteiger partial charge in [0.25, 0.3) is 0 Å². The van der Waals surface area contributed by atoms with Crippen LogP contribution in [0.5, 0.6) is 0 Å². The molecule has 8 aromatic rings. The van der Waals surface area contributed by atoms with Crippen LogP contribution < -0.4 is 0 Å². The molecule has 75 heavy (non-hydrogen) atoms. The molecule has 4 atom stereocenters. The van der Waals surface area contributed by atoms with Gasteiger partial charge in [-0.25, -0.2) is 19.0 Å². The van der Waals surface area contributed by atoms with E-state index in [-0.39, 0.29) is 35.6 Å². The average Bonchev–Trinajstić information content (AvgIpc) is 4.12. The van der Waals surface area contributed by atoms with E-state index >= 15 is 0 Å². The molecule has 0 bridgehead atoms. The fourth-order valence-corrected chi connectivity index (χ4v) is 10.6. The molecule has 2 saturated heterocycles. The van der Waals surface area contributed by atoms with Crippen molar-refractivity contribution in [2.45, 2.75) is 56.5 Å². The minimum Gasteiger partial charge on any atom is -0.465 e. The van der Waals surface area contributed by atoms with Crippen LogP contribution in [0.4, 0.5) is 0 Å². The molecule has 18 nitrogen and oxygen atoms in total. The van der Waals surface area contributed by atoms with Gasteiger partial charge in [-0.1, -0.05) is 71.1 Å². The Balaban J connectivity index is 0.000000161. The third-order valence-corrected chi connectivity index (χ3v) is 14.5. The highest BCUT2D eigenvalue weighted by Crippen LogP contribution is 2.56. The first-order chi connectivity index (χ1) is 36.7. The summed E-state index contributed by atoms with van der Waals surface area (Å²) < 4.78 is 28.6. The lowest BCUT2D eigenvalue weighted by Crippen LogP contribution is -2.35. The zero-order valence-corrected chi connectivity index (χ0v) is 42.9. The molecule has 0 spiro atoms. The number of aromatic nitrogens is 10. The van der Waals surface area contributed by atoms with Crippen LogP contribution in [-0.2, 0) is 46.1 Å². The lowest BCUT2D eigenvalue weighted by atomic mass is 10.0. The Morgan fingerprint density at radius 3 is 1.41 bits per heavy atom. The summed E-state index contributed by atoms with van der Waals surface area (Å²) in [4.78, 5) is 30.3. The highest BCUT2D eigenvalue weighted by molar-refractivity contribution is 5.92. The third-order valence-electron chi connectivity index (χ3n) is 14.5. The Morgan fingerprint density at radius 1 is 0.573 bits per heavy atom. The molecule has 0 N–H and O–H groups in total. The molecule has 12 rings (SSSR count). The van der Waals surface area contributed by atoms with Crippen LogP contribution >= 0.6 is 0 Å². The monoisotopic (exact) mass is 1010 g/mol. The van der Waals surface area contributed by atoms with Gasteiger partial charge in [0.1, 0.15) is 11.1 Å². The largest absolute Gasteiger partial charge is 0.465 e. The number of ether oxygens (including phenoxy) is 4. The second kappa shape index (κ2) is 22.1. The summed E-state index contributed by atoms with van der Waals surface area (Å²) in [7, 11) is 5.13. The second-order valence-corrected chi connectivity index (χ2v) is 19.7. The smallest absolute Gasteiger partial charge is 0.341 e. The molecule has 4 aliphatic rings. The molecule has 0 unspecified atom stereocenters.